The Morgan fingerprint density at radius 2 is 2.16 bits per heavy atom. The first-order valence-corrected chi connectivity index (χ1v) is 7.27. The summed E-state index contributed by atoms with van der Waals surface area (Å²) in [5.41, 5.74) is 0. The Morgan fingerprint density at radius 1 is 1.47 bits per heavy atom. The average molecular weight is 289 g/mol. The Kier molecular flexibility index (Phi) is 3.66. The van der Waals surface area contributed by atoms with E-state index in [0.29, 0.717) is 6.42 Å². The molecule has 19 heavy (non-hydrogen) atoms. The van der Waals surface area contributed by atoms with E-state index in [0.717, 1.165) is 16.4 Å². The van der Waals surface area contributed by atoms with Crippen LogP contribution in [0.25, 0.3) is 0 Å². The largest absolute Gasteiger partial charge is 0.475 e. The minimum Gasteiger partial charge on any atom is -0.475 e. The van der Waals surface area contributed by atoms with Gasteiger partial charge in [0.1, 0.15) is 0 Å². The van der Waals surface area contributed by atoms with Gasteiger partial charge in [0, 0.05) is 13.1 Å². The lowest BCUT2D eigenvalue weighted by atomic mass is 9.98. The maximum atomic E-state index is 12.2. The van der Waals surface area contributed by atoms with E-state index in [1.165, 1.54) is 0 Å². The summed E-state index contributed by atoms with van der Waals surface area (Å²) in [6, 6.07) is 2.21. The minimum atomic E-state index is -3.89. The number of piperidine rings is 1. The molecule has 0 aromatic carbocycles. The molecule has 0 bridgehead atoms. The first-order valence-electron chi connectivity index (χ1n) is 5.83. The third-order valence-corrected chi connectivity index (χ3v) is 5.01. The van der Waals surface area contributed by atoms with Gasteiger partial charge in [0.05, 0.1) is 6.10 Å². The Hall–Kier alpha value is -1.38. The molecule has 2 atom stereocenters. The van der Waals surface area contributed by atoms with Crippen LogP contribution < -0.4 is 0 Å². The second kappa shape index (κ2) is 4.95. The van der Waals surface area contributed by atoms with Gasteiger partial charge in [-0.05, 0) is 24.5 Å². The Balaban J connectivity index is 2.24. The molecular weight excluding hydrogens is 274 g/mol. The molecule has 2 unspecified atom stereocenters. The van der Waals surface area contributed by atoms with Crippen molar-refractivity contribution in [3.63, 3.8) is 0 Å². The molecule has 2 heterocycles. The summed E-state index contributed by atoms with van der Waals surface area (Å²) in [7, 11) is -3.89. The number of aliphatic hydroxyl groups excluding tert-OH is 1. The van der Waals surface area contributed by atoms with Gasteiger partial charge in [-0.15, -0.1) is 0 Å². The highest BCUT2D eigenvalue weighted by molar-refractivity contribution is 7.89. The van der Waals surface area contributed by atoms with E-state index in [2.05, 4.69) is 0 Å². The number of nitrogens with zero attached hydrogens (tertiary/aromatic N) is 1. The molecule has 2 rings (SSSR count). The number of carbonyl (C=O) groups is 1. The maximum absolute atomic E-state index is 12.2. The molecule has 1 saturated heterocycles. The molecule has 7 nitrogen and oxygen atoms in total. The van der Waals surface area contributed by atoms with E-state index in [4.69, 9.17) is 9.52 Å². The fourth-order valence-corrected chi connectivity index (χ4v) is 3.32. The predicted molar refractivity (Wildman–Crippen MR) is 64.2 cm³/mol. The zero-order chi connectivity index (χ0) is 14.2. The molecule has 1 fully saturated rings. The topological polar surface area (TPSA) is 108 Å². The summed E-state index contributed by atoms with van der Waals surface area (Å²) in [5.74, 6) is -1.71. The number of aliphatic hydroxyl groups is 1. The molecule has 1 aromatic rings. The summed E-state index contributed by atoms with van der Waals surface area (Å²) >= 11 is 0. The predicted octanol–water partition coefficient (Wildman–Crippen LogP) is 0.369. The van der Waals surface area contributed by atoms with Crippen LogP contribution in [0, 0.1) is 5.92 Å². The first kappa shape index (κ1) is 14.0. The van der Waals surface area contributed by atoms with E-state index < -0.39 is 32.9 Å². The second-order valence-electron chi connectivity index (χ2n) is 4.62. The monoisotopic (exact) mass is 289 g/mol. The molecule has 1 aliphatic heterocycles. The number of furan rings is 1. The van der Waals surface area contributed by atoms with Gasteiger partial charge in [0.15, 0.2) is 0 Å². The van der Waals surface area contributed by atoms with Crippen LogP contribution in [0.3, 0.4) is 0 Å². The van der Waals surface area contributed by atoms with Crippen LogP contribution >= 0.6 is 0 Å². The van der Waals surface area contributed by atoms with E-state index in [1.54, 1.807) is 0 Å². The van der Waals surface area contributed by atoms with Crippen molar-refractivity contribution in [2.75, 3.05) is 13.1 Å². The van der Waals surface area contributed by atoms with Gasteiger partial charge in [-0.25, -0.2) is 13.2 Å². The van der Waals surface area contributed by atoms with E-state index in [1.807, 2.05) is 6.92 Å². The Morgan fingerprint density at radius 3 is 2.68 bits per heavy atom. The number of aromatic carboxylic acids is 1. The van der Waals surface area contributed by atoms with Gasteiger partial charge in [-0.3, -0.25) is 0 Å². The van der Waals surface area contributed by atoms with Crippen LogP contribution in [0.4, 0.5) is 0 Å². The van der Waals surface area contributed by atoms with Crippen LogP contribution in [-0.4, -0.2) is 48.1 Å². The van der Waals surface area contributed by atoms with Crippen LogP contribution in [-0.2, 0) is 10.0 Å². The zero-order valence-corrected chi connectivity index (χ0v) is 11.1. The molecule has 0 radical (unpaired) electrons. The molecular formula is C11H15NO6S. The number of β-amino-alcohol motifs (C(OH)–C–C–N with tert-alkyl or cyclic N) is 1. The lowest BCUT2D eigenvalue weighted by molar-refractivity contribution is 0.0594. The van der Waals surface area contributed by atoms with Gasteiger partial charge in [-0.1, -0.05) is 6.92 Å². The molecule has 8 heteroatoms. The van der Waals surface area contributed by atoms with Gasteiger partial charge in [-0.2, -0.15) is 4.31 Å². The molecule has 0 spiro atoms. The smallest absolute Gasteiger partial charge is 0.371 e. The zero-order valence-electron chi connectivity index (χ0n) is 10.3. The van der Waals surface area contributed by atoms with Crippen molar-refractivity contribution in [1.29, 1.82) is 0 Å². The maximum Gasteiger partial charge on any atom is 0.371 e. The Labute approximate surface area is 110 Å². The van der Waals surface area contributed by atoms with Crippen LogP contribution in [0.2, 0.25) is 0 Å². The molecule has 1 aromatic heterocycles. The van der Waals surface area contributed by atoms with Crippen molar-refractivity contribution in [2.24, 2.45) is 5.92 Å². The molecule has 1 aliphatic rings. The normalized spacial score (nSPS) is 25.4. The molecule has 2 N–H and O–H groups in total. The summed E-state index contributed by atoms with van der Waals surface area (Å²) in [6.07, 6.45) is -0.176. The first-order chi connectivity index (χ1) is 8.82. The van der Waals surface area contributed by atoms with E-state index in [9.17, 15) is 18.3 Å². The highest BCUT2D eigenvalue weighted by Gasteiger charge is 2.34. The van der Waals surface area contributed by atoms with Gasteiger partial charge in [0.25, 0.3) is 10.0 Å². The lowest BCUT2D eigenvalue weighted by Gasteiger charge is -2.32. The number of sulfonamides is 1. The highest BCUT2D eigenvalue weighted by atomic mass is 32.2. The van der Waals surface area contributed by atoms with Gasteiger partial charge < -0.3 is 14.6 Å². The minimum absolute atomic E-state index is 0.00734. The fraction of sp³-hybridized carbons (Fsp3) is 0.545. The quantitative estimate of drug-likeness (QED) is 0.832. The number of rotatable bonds is 3. The van der Waals surface area contributed by atoms with Crippen molar-refractivity contribution in [3.8, 4) is 0 Å². The number of carboxylic acids is 1. The van der Waals surface area contributed by atoms with E-state index >= 15 is 0 Å². The molecule has 0 amide bonds. The molecule has 106 valence electrons. The standard InChI is InChI=1S/C11H15NO6S/c1-7-4-5-12(6-8(7)13)19(16,17)10-3-2-9(18-10)11(14)15/h2-3,7-8,13H,4-6H2,1H3,(H,14,15). The molecule has 0 aliphatic carbocycles. The van der Waals surface area contributed by atoms with Crippen molar-refractivity contribution >= 4 is 16.0 Å². The van der Waals surface area contributed by atoms with Crippen molar-refractivity contribution < 1.29 is 27.8 Å². The summed E-state index contributed by atoms with van der Waals surface area (Å²) in [5, 5.41) is 18.0. The summed E-state index contributed by atoms with van der Waals surface area (Å²) in [6.45, 7) is 2.13. The van der Waals surface area contributed by atoms with Crippen LogP contribution in [0.15, 0.2) is 21.6 Å². The van der Waals surface area contributed by atoms with Gasteiger partial charge >= 0.3 is 5.97 Å². The SMILES string of the molecule is CC1CCN(S(=O)(=O)c2ccc(C(=O)O)o2)CC1O. The van der Waals surface area contributed by atoms with Gasteiger partial charge in [0.2, 0.25) is 10.9 Å². The Bertz CT molecular complexity index is 578. The summed E-state index contributed by atoms with van der Waals surface area (Å²) < 4.78 is 30.3. The average Bonchev–Trinajstić information content (AvgIpc) is 2.82. The molecule has 0 saturated carbocycles. The summed E-state index contributed by atoms with van der Waals surface area (Å²) in [4.78, 5) is 10.7. The van der Waals surface area contributed by atoms with Crippen LogP contribution in [0.5, 0.6) is 0 Å². The number of hydrogen-bond donors (Lipinski definition) is 2. The third-order valence-electron chi connectivity index (χ3n) is 3.27. The van der Waals surface area contributed by atoms with E-state index in [-0.39, 0.29) is 19.0 Å². The van der Waals surface area contributed by atoms with Crippen molar-refractivity contribution in [1.82, 2.24) is 4.31 Å². The fourth-order valence-electron chi connectivity index (χ4n) is 1.94. The van der Waals surface area contributed by atoms with Crippen molar-refractivity contribution in [2.45, 2.75) is 24.5 Å². The number of carboxylic acid groups (broad SMARTS) is 1. The highest BCUT2D eigenvalue weighted by Crippen LogP contribution is 2.25. The number of hydrogen-bond acceptors (Lipinski definition) is 5. The third kappa shape index (κ3) is 2.65. The second-order valence-corrected chi connectivity index (χ2v) is 6.49. The van der Waals surface area contributed by atoms with Crippen LogP contribution in [0.1, 0.15) is 23.9 Å². The lowest BCUT2D eigenvalue weighted by Crippen LogP contribution is -2.45. The van der Waals surface area contributed by atoms with Crippen molar-refractivity contribution in [3.05, 3.63) is 17.9 Å².